The number of phenolic OH excluding ortho intramolecular Hbond substituents is 1. The number of halogens is 1. The van der Waals surface area contributed by atoms with Crippen molar-refractivity contribution in [3.8, 4) is 5.75 Å². The quantitative estimate of drug-likeness (QED) is 0.721. The van der Waals surface area contributed by atoms with Crippen LogP contribution in [0.2, 0.25) is 0 Å². The SMILES string of the molecule is Cl.Oc1ccc2c3c(ccc2c1)CCC3. The van der Waals surface area contributed by atoms with Crippen molar-refractivity contribution in [2.24, 2.45) is 0 Å². The second-order valence-electron chi connectivity index (χ2n) is 3.96. The summed E-state index contributed by atoms with van der Waals surface area (Å²) in [6, 6.07) is 9.97. The highest BCUT2D eigenvalue weighted by Gasteiger charge is 2.13. The summed E-state index contributed by atoms with van der Waals surface area (Å²) in [6.07, 6.45) is 3.68. The third kappa shape index (κ3) is 1.57. The highest BCUT2D eigenvalue weighted by atomic mass is 35.5. The van der Waals surface area contributed by atoms with Crippen molar-refractivity contribution in [2.75, 3.05) is 0 Å². The second kappa shape index (κ2) is 3.74. The van der Waals surface area contributed by atoms with Crippen molar-refractivity contribution in [1.82, 2.24) is 0 Å². The van der Waals surface area contributed by atoms with Crippen LogP contribution in [0.25, 0.3) is 10.8 Å². The zero-order valence-corrected chi connectivity index (χ0v) is 9.18. The van der Waals surface area contributed by atoms with E-state index in [1.165, 1.54) is 35.8 Å². The minimum Gasteiger partial charge on any atom is -0.508 e. The Morgan fingerprint density at radius 1 is 1.00 bits per heavy atom. The molecule has 1 N–H and O–H groups in total. The number of aryl methyl sites for hydroxylation is 2. The number of hydrogen-bond donors (Lipinski definition) is 1. The smallest absolute Gasteiger partial charge is 0.116 e. The van der Waals surface area contributed by atoms with E-state index in [2.05, 4.69) is 12.1 Å². The third-order valence-corrected chi connectivity index (χ3v) is 3.08. The van der Waals surface area contributed by atoms with Gasteiger partial charge in [-0.15, -0.1) is 12.4 Å². The molecule has 0 unspecified atom stereocenters. The van der Waals surface area contributed by atoms with Gasteiger partial charge in [0.25, 0.3) is 0 Å². The van der Waals surface area contributed by atoms with Crippen LogP contribution < -0.4 is 0 Å². The van der Waals surface area contributed by atoms with Crippen LogP contribution in [0.1, 0.15) is 17.5 Å². The van der Waals surface area contributed by atoms with Crippen LogP contribution in [0.5, 0.6) is 5.75 Å². The molecule has 78 valence electrons. The lowest BCUT2D eigenvalue weighted by Crippen LogP contribution is -1.84. The van der Waals surface area contributed by atoms with Gasteiger partial charge in [0.05, 0.1) is 0 Å². The molecule has 0 aliphatic heterocycles. The zero-order chi connectivity index (χ0) is 9.54. The first kappa shape index (κ1) is 10.3. The van der Waals surface area contributed by atoms with Gasteiger partial charge in [-0.25, -0.2) is 0 Å². The van der Waals surface area contributed by atoms with Crippen LogP contribution in [-0.4, -0.2) is 5.11 Å². The molecule has 3 rings (SSSR count). The molecule has 0 aromatic heterocycles. The van der Waals surface area contributed by atoms with Crippen molar-refractivity contribution in [2.45, 2.75) is 19.3 Å². The maximum absolute atomic E-state index is 9.38. The minimum atomic E-state index is 0. The van der Waals surface area contributed by atoms with E-state index in [0.29, 0.717) is 5.75 Å². The fourth-order valence-corrected chi connectivity index (χ4v) is 2.41. The monoisotopic (exact) mass is 220 g/mol. The van der Waals surface area contributed by atoms with E-state index in [4.69, 9.17) is 0 Å². The Morgan fingerprint density at radius 3 is 2.73 bits per heavy atom. The summed E-state index contributed by atoms with van der Waals surface area (Å²) in [5.41, 5.74) is 2.98. The molecular weight excluding hydrogens is 208 g/mol. The van der Waals surface area contributed by atoms with Gasteiger partial charge in [-0.05, 0) is 53.3 Å². The summed E-state index contributed by atoms with van der Waals surface area (Å²) in [5, 5.41) is 11.9. The Balaban J connectivity index is 0.000000853. The fraction of sp³-hybridized carbons (Fsp3) is 0.231. The number of hydrogen-bond acceptors (Lipinski definition) is 1. The van der Waals surface area contributed by atoms with Gasteiger partial charge < -0.3 is 5.11 Å². The largest absolute Gasteiger partial charge is 0.508 e. The molecule has 2 aromatic rings. The van der Waals surface area contributed by atoms with Crippen molar-refractivity contribution in [3.63, 3.8) is 0 Å². The zero-order valence-electron chi connectivity index (χ0n) is 8.36. The molecule has 2 heteroatoms. The predicted molar refractivity (Wildman–Crippen MR) is 64.9 cm³/mol. The first-order chi connectivity index (χ1) is 6.84. The first-order valence-electron chi connectivity index (χ1n) is 5.08. The molecule has 0 heterocycles. The van der Waals surface area contributed by atoms with Gasteiger partial charge in [0.15, 0.2) is 0 Å². The molecule has 1 aliphatic rings. The predicted octanol–water partition coefficient (Wildman–Crippen LogP) is 3.46. The molecule has 1 nitrogen and oxygen atoms in total. The first-order valence-corrected chi connectivity index (χ1v) is 5.08. The maximum atomic E-state index is 9.38. The minimum absolute atomic E-state index is 0. The van der Waals surface area contributed by atoms with Crippen LogP contribution >= 0.6 is 12.4 Å². The van der Waals surface area contributed by atoms with Crippen molar-refractivity contribution in [1.29, 1.82) is 0 Å². The molecule has 0 saturated heterocycles. The number of fused-ring (bicyclic) bond motifs is 3. The lowest BCUT2D eigenvalue weighted by molar-refractivity contribution is 0.476. The normalized spacial score (nSPS) is 13.6. The van der Waals surface area contributed by atoms with Crippen LogP contribution in [0, 0.1) is 0 Å². The molecule has 2 aromatic carbocycles. The van der Waals surface area contributed by atoms with E-state index in [1.54, 1.807) is 6.07 Å². The molecule has 0 spiro atoms. The van der Waals surface area contributed by atoms with Gasteiger partial charge >= 0.3 is 0 Å². The van der Waals surface area contributed by atoms with Crippen LogP contribution in [0.15, 0.2) is 30.3 Å². The topological polar surface area (TPSA) is 20.2 Å². The van der Waals surface area contributed by atoms with E-state index < -0.39 is 0 Å². The Hall–Kier alpha value is -1.21. The number of benzene rings is 2. The lowest BCUT2D eigenvalue weighted by atomic mass is 10.0. The Labute approximate surface area is 95.1 Å². The lowest BCUT2D eigenvalue weighted by Gasteiger charge is -2.05. The maximum Gasteiger partial charge on any atom is 0.116 e. The van der Waals surface area contributed by atoms with Gasteiger partial charge in [-0.1, -0.05) is 18.2 Å². The third-order valence-electron chi connectivity index (χ3n) is 3.08. The van der Waals surface area contributed by atoms with Crippen LogP contribution in [0.3, 0.4) is 0 Å². The molecule has 0 fully saturated rings. The fourth-order valence-electron chi connectivity index (χ4n) is 2.41. The summed E-state index contributed by atoms with van der Waals surface area (Å²) in [4.78, 5) is 0. The van der Waals surface area contributed by atoms with E-state index in [9.17, 15) is 5.11 Å². The average Bonchev–Trinajstić information content (AvgIpc) is 2.65. The molecule has 0 amide bonds. The van der Waals surface area contributed by atoms with Crippen LogP contribution in [-0.2, 0) is 12.8 Å². The van der Waals surface area contributed by atoms with Crippen molar-refractivity contribution >= 4 is 23.2 Å². The van der Waals surface area contributed by atoms with E-state index in [0.717, 1.165) is 5.39 Å². The van der Waals surface area contributed by atoms with E-state index in [-0.39, 0.29) is 12.4 Å². The molecule has 0 atom stereocenters. The van der Waals surface area contributed by atoms with Gasteiger partial charge in [0.1, 0.15) is 5.75 Å². The van der Waals surface area contributed by atoms with Crippen molar-refractivity contribution < 1.29 is 5.11 Å². The molecule has 15 heavy (non-hydrogen) atoms. The Bertz CT molecular complexity index is 505. The standard InChI is InChI=1S/C13H12O.ClH/c14-11-6-7-13-10(8-11)5-4-9-2-1-3-12(9)13;/h4-8,14H,1-3H2;1H. The molecule has 1 aliphatic carbocycles. The summed E-state index contributed by atoms with van der Waals surface area (Å²) in [5.74, 6) is 0.357. The van der Waals surface area contributed by atoms with Gasteiger partial charge in [-0.3, -0.25) is 0 Å². The highest BCUT2D eigenvalue weighted by molar-refractivity contribution is 5.88. The highest BCUT2D eigenvalue weighted by Crippen LogP contribution is 2.31. The second-order valence-corrected chi connectivity index (χ2v) is 3.96. The van der Waals surface area contributed by atoms with Gasteiger partial charge in [0, 0.05) is 0 Å². The number of phenols is 1. The Kier molecular flexibility index (Phi) is 2.57. The summed E-state index contributed by atoms with van der Waals surface area (Å²) >= 11 is 0. The molecule has 0 radical (unpaired) electrons. The Morgan fingerprint density at radius 2 is 1.87 bits per heavy atom. The summed E-state index contributed by atoms with van der Waals surface area (Å²) in [6.45, 7) is 0. The van der Waals surface area contributed by atoms with Gasteiger partial charge in [0.2, 0.25) is 0 Å². The number of aromatic hydroxyl groups is 1. The average molecular weight is 221 g/mol. The molecule has 0 saturated carbocycles. The summed E-state index contributed by atoms with van der Waals surface area (Å²) in [7, 11) is 0. The van der Waals surface area contributed by atoms with E-state index >= 15 is 0 Å². The summed E-state index contributed by atoms with van der Waals surface area (Å²) < 4.78 is 0. The number of rotatable bonds is 0. The van der Waals surface area contributed by atoms with Crippen LogP contribution in [0.4, 0.5) is 0 Å². The van der Waals surface area contributed by atoms with Crippen molar-refractivity contribution in [3.05, 3.63) is 41.5 Å². The van der Waals surface area contributed by atoms with E-state index in [1.807, 2.05) is 12.1 Å². The van der Waals surface area contributed by atoms with Gasteiger partial charge in [-0.2, -0.15) is 0 Å². The molecular formula is C13H13ClO. The molecule has 0 bridgehead atoms.